The van der Waals surface area contributed by atoms with E-state index < -0.39 is 5.97 Å². The highest BCUT2D eigenvalue weighted by atomic mass is 16.5. The number of nitrogens with two attached hydrogens (primary N) is 1. The number of aryl methyl sites for hydroxylation is 1. The standard InChI is InChI=1S/C10H15N3O2/c1-13-6-7(10(11)4-3-5-10)8(12-13)9(14)15-2/h6H,3-5,11H2,1-2H3. The van der Waals surface area contributed by atoms with Gasteiger partial charge in [-0.25, -0.2) is 4.79 Å². The SMILES string of the molecule is COC(=O)c1nn(C)cc1C1(N)CCC1. The summed E-state index contributed by atoms with van der Waals surface area (Å²) in [6.45, 7) is 0. The van der Waals surface area contributed by atoms with Gasteiger partial charge >= 0.3 is 5.97 Å². The number of carbonyl (C=O) groups is 1. The molecule has 15 heavy (non-hydrogen) atoms. The molecule has 1 fully saturated rings. The van der Waals surface area contributed by atoms with Gasteiger partial charge in [-0.05, 0) is 19.3 Å². The molecule has 0 aromatic carbocycles. The molecule has 1 aliphatic carbocycles. The van der Waals surface area contributed by atoms with Crippen LogP contribution in [-0.4, -0.2) is 22.9 Å². The van der Waals surface area contributed by atoms with Crippen molar-refractivity contribution in [2.75, 3.05) is 7.11 Å². The first-order chi connectivity index (χ1) is 7.07. The van der Waals surface area contributed by atoms with E-state index in [-0.39, 0.29) is 5.54 Å². The summed E-state index contributed by atoms with van der Waals surface area (Å²) in [6, 6.07) is 0. The minimum atomic E-state index is -0.415. The molecule has 0 atom stereocenters. The molecule has 1 aliphatic rings. The summed E-state index contributed by atoms with van der Waals surface area (Å²) in [5, 5.41) is 4.09. The van der Waals surface area contributed by atoms with Crippen molar-refractivity contribution in [3.63, 3.8) is 0 Å². The van der Waals surface area contributed by atoms with Gasteiger partial charge in [0.05, 0.1) is 7.11 Å². The van der Waals surface area contributed by atoms with Crippen LogP contribution < -0.4 is 5.73 Å². The molecule has 0 amide bonds. The zero-order valence-electron chi connectivity index (χ0n) is 8.99. The molecule has 2 rings (SSSR count). The molecular weight excluding hydrogens is 194 g/mol. The number of aromatic nitrogens is 2. The van der Waals surface area contributed by atoms with Crippen LogP contribution in [0, 0.1) is 0 Å². The van der Waals surface area contributed by atoms with E-state index in [1.807, 2.05) is 6.20 Å². The van der Waals surface area contributed by atoms with Crippen LogP contribution in [-0.2, 0) is 17.3 Å². The predicted octanol–water partition coefficient (Wildman–Crippen LogP) is 0.545. The quantitative estimate of drug-likeness (QED) is 0.722. The second-order valence-electron chi connectivity index (χ2n) is 4.07. The molecule has 0 bridgehead atoms. The lowest BCUT2D eigenvalue weighted by Crippen LogP contribution is -2.44. The maximum Gasteiger partial charge on any atom is 0.358 e. The fraction of sp³-hybridized carbons (Fsp3) is 0.600. The molecule has 0 radical (unpaired) electrons. The van der Waals surface area contributed by atoms with E-state index in [1.165, 1.54) is 7.11 Å². The topological polar surface area (TPSA) is 70.1 Å². The van der Waals surface area contributed by atoms with Gasteiger partial charge in [-0.3, -0.25) is 4.68 Å². The number of rotatable bonds is 2. The Morgan fingerprint density at radius 1 is 1.67 bits per heavy atom. The highest BCUT2D eigenvalue weighted by molar-refractivity contribution is 5.89. The van der Waals surface area contributed by atoms with Crippen LogP contribution in [0.1, 0.15) is 35.3 Å². The Labute approximate surface area is 88.2 Å². The van der Waals surface area contributed by atoms with Crippen molar-refractivity contribution in [1.29, 1.82) is 0 Å². The van der Waals surface area contributed by atoms with Crippen LogP contribution in [0.5, 0.6) is 0 Å². The molecule has 1 heterocycles. The second kappa shape index (κ2) is 3.34. The summed E-state index contributed by atoms with van der Waals surface area (Å²) in [7, 11) is 3.13. The lowest BCUT2D eigenvalue weighted by molar-refractivity contribution is 0.0587. The Morgan fingerprint density at radius 2 is 2.33 bits per heavy atom. The number of nitrogens with zero attached hydrogens (tertiary/aromatic N) is 2. The zero-order valence-corrected chi connectivity index (χ0v) is 8.99. The van der Waals surface area contributed by atoms with Crippen molar-refractivity contribution in [3.8, 4) is 0 Å². The average molecular weight is 209 g/mol. The average Bonchev–Trinajstić information content (AvgIpc) is 2.55. The molecule has 0 spiro atoms. The van der Waals surface area contributed by atoms with E-state index in [0.717, 1.165) is 24.8 Å². The van der Waals surface area contributed by atoms with Crippen molar-refractivity contribution < 1.29 is 9.53 Å². The number of ether oxygens (including phenoxy) is 1. The maximum absolute atomic E-state index is 11.5. The molecule has 0 aliphatic heterocycles. The highest BCUT2D eigenvalue weighted by Crippen LogP contribution is 2.39. The minimum absolute atomic E-state index is 0.349. The van der Waals surface area contributed by atoms with E-state index in [2.05, 4.69) is 9.84 Å². The highest BCUT2D eigenvalue weighted by Gasteiger charge is 2.39. The van der Waals surface area contributed by atoms with Gasteiger partial charge in [0.2, 0.25) is 0 Å². The molecule has 5 heteroatoms. The van der Waals surface area contributed by atoms with Gasteiger partial charge in [0.15, 0.2) is 5.69 Å². The Bertz CT molecular complexity index is 393. The van der Waals surface area contributed by atoms with E-state index in [4.69, 9.17) is 5.73 Å². The van der Waals surface area contributed by atoms with Crippen molar-refractivity contribution in [1.82, 2.24) is 9.78 Å². The minimum Gasteiger partial charge on any atom is -0.464 e. The van der Waals surface area contributed by atoms with E-state index in [1.54, 1.807) is 11.7 Å². The first-order valence-corrected chi connectivity index (χ1v) is 4.98. The summed E-state index contributed by atoms with van der Waals surface area (Å²) in [4.78, 5) is 11.5. The van der Waals surface area contributed by atoms with Crippen molar-refractivity contribution in [2.45, 2.75) is 24.8 Å². The number of esters is 1. The predicted molar refractivity (Wildman–Crippen MR) is 54.3 cm³/mol. The molecule has 0 saturated heterocycles. The first-order valence-electron chi connectivity index (χ1n) is 4.98. The lowest BCUT2D eigenvalue weighted by Gasteiger charge is -2.37. The monoisotopic (exact) mass is 209 g/mol. The fourth-order valence-corrected chi connectivity index (χ4v) is 1.93. The summed E-state index contributed by atoms with van der Waals surface area (Å²) >= 11 is 0. The summed E-state index contributed by atoms with van der Waals surface area (Å²) in [5.74, 6) is -0.415. The molecule has 5 nitrogen and oxygen atoms in total. The Morgan fingerprint density at radius 3 is 2.80 bits per heavy atom. The van der Waals surface area contributed by atoms with Gasteiger partial charge in [0.25, 0.3) is 0 Å². The molecule has 82 valence electrons. The second-order valence-corrected chi connectivity index (χ2v) is 4.07. The molecule has 2 N–H and O–H groups in total. The maximum atomic E-state index is 11.5. The summed E-state index contributed by atoms with van der Waals surface area (Å²) in [5.41, 5.74) is 6.95. The smallest absolute Gasteiger partial charge is 0.358 e. The number of hydrogen-bond donors (Lipinski definition) is 1. The molecule has 1 aromatic heterocycles. The van der Waals surface area contributed by atoms with Gasteiger partial charge in [-0.2, -0.15) is 5.10 Å². The van der Waals surface area contributed by atoms with Crippen molar-refractivity contribution in [3.05, 3.63) is 17.5 Å². The third-order valence-electron chi connectivity index (χ3n) is 2.99. The largest absolute Gasteiger partial charge is 0.464 e. The van der Waals surface area contributed by atoms with Crippen LogP contribution in [0.2, 0.25) is 0 Å². The number of carbonyl (C=O) groups excluding carboxylic acids is 1. The Hall–Kier alpha value is -1.36. The van der Waals surface area contributed by atoms with Gasteiger partial charge in [-0.15, -0.1) is 0 Å². The van der Waals surface area contributed by atoms with Gasteiger partial charge < -0.3 is 10.5 Å². The summed E-state index contributed by atoms with van der Waals surface area (Å²) in [6.07, 6.45) is 4.72. The van der Waals surface area contributed by atoms with Crippen LogP contribution in [0.4, 0.5) is 0 Å². The van der Waals surface area contributed by atoms with Gasteiger partial charge in [-0.1, -0.05) is 0 Å². The number of methoxy groups -OCH3 is 1. The third-order valence-corrected chi connectivity index (χ3v) is 2.99. The Kier molecular flexibility index (Phi) is 2.26. The van der Waals surface area contributed by atoms with Crippen LogP contribution in [0.25, 0.3) is 0 Å². The lowest BCUT2D eigenvalue weighted by atomic mass is 9.73. The fourth-order valence-electron chi connectivity index (χ4n) is 1.93. The van der Waals surface area contributed by atoms with Crippen LogP contribution in [0.15, 0.2) is 6.20 Å². The van der Waals surface area contributed by atoms with Gasteiger partial charge in [0, 0.05) is 24.3 Å². The van der Waals surface area contributed by atoms with Crippen molar-refractivity contribution >= 4 is 5.97 Å². The van der Waals surface area contributed by atoms with Crippen LogP contribution in [0.3, 0.4) is 0 Å². The van der Waals surface area contributed by atoms with E-state index in [0.29, 0.717) is 5.69 Å². The molecule has 1 aromatic rings. The first kappa shape index (κ1) is 10.2. The van der Waals surface area contributed by atoms with E-state index in [9.17, 15) is 4.79 Å². The number of hydrogen-bond acceptors (Lipinski definition) is 4. The molecule has 1 saturated carbocycles. The summed E-state index contributed by atoms with van der Waals surface area (Å²) < 4.78 is 6.29. The molecular formula is C10H15N3O2. The normalized spacial score (nSPS) is 18.3. The molecule has 0 unspecified atom stereocenters. The van der Waals surface area contributed by atoms with Crippen LogP contribution >= 0.6 is 0 Å². The Balaban J connectivity index is 2.41. The zero-order chi connectivity index (χ0) is 11.1. The van der Waals surface area contributed by atoms with Gasteiger partial charge in [0.1, 0.15) is 0 Å². The van der Waals surface area contributed by atoms with E-state index >= 15 is 0 Å². The van der Waals surface area contributed by atoms with Crippen molar-refractivity contribution in [2.24, 2.45) is 12.8 Å². The third kappa shape index (κ3) is 1.52.